The number of esters is 2. The van der Waals surface area contributed by atoms with Gasteiger partial charge in [0.2, 0.25) is 0 Å². The summed E-state index contributed by atoms with van der Waals surface area (Å²) >= 11 is 3.52. The van der Waals surface area contributed by atoms with Gasteiger partial charge in [-0.25, -0.2) is 4.79 Å². The molecule has 0 aromatic heterocycles. The highest BCUT2D eigenvalue weighted by molar-refractivity contribution is 9.10. The van der Waals surface area contributed by atoms with Gasteiger partial charge in [0.25, 0.3) is 0 Å². The van der Waals surface area contributed by atoms with E-state index in [9.17, 15) is 9.59 Å². The molecule has 0 heterocycles. The van der Waals surface area contributed by atoms with E-state index in [-0.39, 0.29) is 18.5 Å². The normalized spacial score (nSPS) is 14.6. The van der Waals surface area contributed by atoms with Crippen LogP contribution in [-0.2, 0) is 20.8 Å². The average molecular weight is 527 g/mol. The molecule has 0 radical (unpaired) electrons. The number of ether oxygens (including phenoxy) is 2. The molecule has 1 fully saturated rings. The highest BCUT2D eigenvalue weighted by Crippen LogP contribution is 2.30. The van der Waals surface area contributed by atoms with E-state index in [2.05, 4.69) is 39.6 Å². The number of nitrogens with two attached hydrogens (primary N) is 1. The van der Waals surface area contributed by atoms with Crippen molar-refractivity contribution >= 4 is 33.6 Å². The Labute approximate surface area is 207 Å². The smallest absolute Gasteiger partial charge is 0.338 e. The largest absolute Gasteiger partial charge is 0.465 e. The van der Waals surface area contributed by atoms with Gasteiger partial charge in [-0.15, -0.1) is 0 Å². The number of anilines is 1. The number of nitrogen functional groups attached to an aromatic ring is 1. The van der Waals surface area contributed by atoms with Gasteiger partial charge in [0.05, 0.1) is 11.3 Å². The molecule has 0 atom stereocenters. The van der Waals surface area contributed by atoms with Gasteiger partial charge in [-0.2, -0.15) is 0 Å². The number of carbonyl (C=O) groups is 2. The molecule has 2 rings (SSSR count). The zero-order valence-corrected chi connectivity index (χ0v) is 22.0. The molecule has 1 saturated carbocycles. The Morgan fingerprint density at radius 2 is 1.73 bits per heavy atom. The summed E-state index contributed by atoms with van der Waals surface area (Å²) in [4.78, 5) is 28.3. The van der Waals surface area contributed by atoms with Crippen LogP contribution < -0.4 is 5.73 Å². The van der Waals surface area contributed by atoms with Gasteiger partial charge in [0, 0.05) is 37.1 Å². The summed E-state index contributed by atoms with van der Waals surface area (Å²) in [6.45, 7) is 10.0. The SMILES string of the molecule is CCCN(CCOC(C)=O)CCOC(=O)c1cc(Br)c(N)c(CN(CC)C2CCCCC2)c1. The second-order valence-corrected chi connectivity index (χ2v) is 9.56. The number of carbonyl (C=O) groups excluding carboxylic acids is 2. The minimum atomic E-state index is -0.353. The number of halogens is 1. The van der Waals surface area contributed by atoms with Crippen molar-refractivity contribution in [2.75, 3.05) is 45.1 Å². The van der Waals surface area contributed by atoms with E-state index in [4.69, 9.17) is 15.2 Å². The van der Waals surface area contributed by atoms with Crippen LogP contribution in [0.15, 0.2) is 16.6 Å². The lowest BCUT2D eigenvalue weighted by molar-refractivity contribution is -0.141. The predicted octanol–water partition coefficient (Wildman–Crippen LogP) is 4.62. The summed E-state index contributed by atoms with van der Waals surface area (Å²) in [6, 6.07) is 4.19. The van der Waals surface area contributed by atoms with Crippen molar-refractivity contribution in [3.8, 4) is 0 Å². The molecule has 0 amide bonds. The lowest BCUT2D eigenvalue weighted by atomic mass is 9.93. The van der Waals surface area contributed by atoms with Gasteiger partial charge in [0.1, 0.15) is 13.2 Å². The molecule has 2 N–H and O–H groups in total. The summed E-state index contributed by atoms with van der Waals surface area (Å²) in [7, 11) is 0. The Hall–Kier alpha value is -1.64. The van der Waals surface area contributed by atoms with Crippen LogP contribution in [0.1, 0.15) is 75.2 Å². The van der Waals surface area contributed by atoms with E-state index in [1.54, 1.807) is 6.07 Å². The molecule has 0 unspecified atom stereocenters. The van der Waals surface area contributed by atoms with Crippen LogP contribution >= 0.6 is 15.9 Å². The van der Waals surface area contributed by atoms with Gasteiger partial charge in [-0.3, -0.25) is 14.6 Å². The van der Waals surface area contributed by atoms with E-state index in [1.807, 2.05) is 6.07 Å². The van der Waals surface area contributed by atoms with E-state index in [0.29, 0.717) is 37.0 Å². The number of nitrogens with zero attached hydrogens (tertiary/aromatic N) is 2. The fourth-order valence-electron chi connectivity index (χ4n) is 4.41. The minimum absolute atomic E-state index is 0.277. The lowest BCUT2D eigenvalue weighted by Gasteiger charge is -2.34. The Kier molecular flexibility index (Phi) is 12.2. The molecular formula is C25H40BrN3O4. The van der Waals surface area contributed by atoms with Crippen LogP contribution in [0.5, 0.6) is 0 Å². The zero-order chi connectivity index (χ0) is 24.2. The number of rotatable bonds is 13. The molecule has 7 nitrogen and oxygen atoms in total. The Balaban J connectivity index is 1.97. The molecule has 0 aliphatic heterocycles. The molecule has 1 aromatic rings. The zero-order valence-electron chi connectivity index (χ0n) is 20.4. The predicted molar refractivity (Wildman–Crippen MR) is 135 cm³/mol. The van der Waals surface area contributed by atoms with Crippen molar-refractivity contribution < 1.29 is 19.1 Å². The molecular weight excluding hydrogens is 486 g/mol. The summed E-state index contributed by atoms with van der Waals surface area (Å²) < 4.78 is 11.3. The van der Waals surface area contributed by atoms with Gasteiger partial charge < -0.3 is 15.2 Å². The topological polar surface area (TPSA) is 85.1 Å². The van der Waals surface area contributed by atoms with E-state index >= 15 is 0 Å². The van der Waals surface area contributed by atoms with Gasteiger partial charge in [-0.05, 0) is 66.0 Å². The van der Waals surface area contributed by atoms with Crippen LogP contribution in [-0.4, -0.2) is 67.2 Å². The summed E-state index contributed by atoms with van der Waals surface area (Å²) in [6.07, 6.45) is 7.30. The van der Waals surface area contributed by atoms with Crippen LogP contribution in [0.3, 0.4) is 0 Å². The Bertz CT molecular complexity index is 768. The van der Waals surface area contributed by atoms with Gasteiger partial charge in [-0.1, -0.05) is 33.1 Å². The quantitative estimate of drug-likeness (QED) is 0.297. The van der Waals surface area contributed by atoms with E-state index < -0.39 is 0 Å². The molecule has 1 aromatic carbocycles. The van der Waals surface area contributed by atoms with Crippen molar-refractivity contribution in [3.05, 3.63) is 27.7 Å². The maximum absolute atomic E-state index is 12.8. The molecule has 8 heteroatoms. The van der Waals surface area contributed by atoms with Crippen molar-refractivity contribution in [3.63, 3.8) is 0 Å². The fraction of sp³-hybridized carbons (Fsp3) is 0.680. The fourth-order valence-corrected chi connectivity index (χ4v) is 4.91. The third kappa shape index (κ3) is 9.26. The maximum atomic E-state index is 12.8. The molecule has 0 spiro atoms. The van der Waals surface area contributed by atoms with Crippen LogP contribution in [0.2, 0.25) is 0 Å². The van der Waals surface area contributed by atoms with Crippen molar-refractivity contribution in [1.29, 1.82) is 0 Å². The molecule has 186 valence electrons. The highest BCUT2D eigenvalue weighted by atomic mass is 79.9. The van der Waals surface area contributed by atoms with Crippen molar-refractivity contribution in [1.82, 2.24) is 9.80 Å². The van der Waals surface area contributed by atoms with Crippen LogP contribution in [0, 0.1) is 0 Å². The second kappa shape index (κ2) is 14.6. The van der Waals surface area contributed by atoms with Crippen molar-refractivity contribution in [2.24, 2.45) is 0 Å². The highest BCUT2D eigenvalue weighted by Gasteiger charge is 2.22. The first-order chi connectivity index (χ1) is 15.8. The monoisotopic (exact) mass is 525 g/mol. The third-order valence-corrected chi connectivity index (χ3v) is 6.87. The number of hydrogen-bond donors (Lipinski definition) is 1. The first-order valence-corrected chi connectivity index (χ1v) is 13.0. The third-order valence-electron chi connectivity index (χ3n) is 6.21. The second-order valence-electron chi connectivity index (χ2n) is 8.70. The summed E-state index contributed by atoms with van der Waals surface area (Å²) in [5, 5.41) is 0. The van der Waals surface area contributed by atoms with Crippen LogP contribution in [0.25, 0.3) is 0 Å². The summed E-state index contributed by atoms with van der Waals surface area (Å²) in [5.74, 6) is -0.637. The van der Waals surface area contributed by atoms with E-state index in [1.165, 1.54) is 39.0 Å². The molecule has 33 heavy (non-hydrogen) atoms. The molecule has 0 bridgehead atoms. The van der Waals surface area contributed by atoms with Crippen LogP contribution in [0.4, 0.5) is 5.69 Å². The summed E-state index contributed by atoms with van der Waals surface area (Å²) in [5.41, 5.74) is 8.50. The molecule has 0 saturated heterocycles. The number of benzene rings is 1. The van der Waals surface area contributed by atoms with Gasteiger partial charge >= 0.3 is 11.9 Å². The first-order valence-electron chi connectivity index (χ1n) is 12.2. The van der Waals surface area contributed by atoms with Gasteiger partial charge in [0.15, 0.2) is 0 Å². The minimum Gasteiger partial charge on any atom is -0.465 e. The average Bonchev–Trinajstić information content (AvgIpc) is 2.80. The van der Waals surface area contributed by atoms with E-state index in [0.717, 1.165) is 36.1 Å². The molecule has 1 aliphatic rings. The Morgan fingerprint density at radius 3 is 2.33 bits per heavy atom. The lowest BCUT2D eigenvalue weighted by Crippen LogP contribution is -2.36. The standard InChI is InChI=1S/C25H40BrN3O4/c1-4-11-28(12-14-32-19(3)30)13-15-33-25(31)20-16-21(24(27)23(26)17-20)18-29(5-2)22-9-7-6-8-10-22/h16-17,22H,4-15,18,27H2,1-3H3. The Morgan fingerprint density at radius 1 is 1.06 bits per heavy atom. The maximum Gasteiger partial charge on any atom is 0.338 e. The molecule has 1 aliphatic carbocycles. The van der Waals surface area contributed by atoms with Crippen molar-refractivity contribution in [2.45, 2.75) is 71.9 Å². The number of hydrogen-bond acceptors (Lipinski definition) is 7. The first kappa shape index (κ1) is 27.6.